The van der Waals surface area contributed by atoms with E-state index in [0.717, 1.165) is 12.0 Å². The van der Waals surface area contributed by atoms with Gasteiger partial charge in [-0.3, -0.25) is 4.79 Å². The van der Waals surface area contributed by atoms with Gasteiger partial charge in [0, 0.05) is 12.2 Å². The second kappa shape index (κ2) is 6.24. The maximum absolute atomic E-state index is 12.1. The maximum atomic E-state index is 12.1. The zero-order valence-corrected chi connectivity index (χ0v) is 11.9. The van der Waals surface area contributed by atoms with Gasteiger partial charge in [0.1, 0.15) is 0 Å². The Morgan fingerprint density at radius 3 is 2.60 bits per heavy atom. The molecule has 2 rings (SSSR count). The molecule has 0 atom stereocenters. The predicted molar refractivity (Wildman–Crippen MR) is 82.8 cm³/mol. The van der Waals surface area contributed by atoms with E-state index in [-0.39, 0.29) is 5.91 Å². The summed E-state index contributed by atoms with van der Waals surface area (Å²) in [5, 5.41) is 2.92. The van der Waals surface area contributed by atoms with Crippen LogP contribution in [0.5, 0.6) is 0 Å². The fourth-order valence-electron chi connectivity index (χ4n) is 2.19. The molecule has 0 saturated carbocycles. The Morgan fingerprint density at radius 2 is 1.90 bits per heavy atom. The van der Waals surface area contributed by atoms with Gasteiger partial charge in [-0.1, -0.05) is 30.3 Å². The van der Waals surface area contributed by atoms with Gasteiger partial charge in [0.25, 0.3) is 5.91 Å². The summed E-state index contributed by atoms with van der Waals surface area (Å²) in [7, 11) is 0. The summed E-state index contributed by atoms with van der Waals surface area (Å²) in [5.74, 6) is -0.115. The third-order valence-electron chi connectivity index (χ3n) is 3.39. The molecule has 104 valence electrons. The second-order valence-electron chi connectivity index (χ2n) is 5.02. The first-order valence-corrected chi connectivity index (χ1v) is 6.77. The molecule has 20 heavy (non-hydrogen) atoms. The number of benzene rings is 2. The molecule has 3 nitrogen and oxygen atoms in total. The van der Waals surface area contributed by atoms with Gasteiger partial charge in [-0.25, -0.2) is 0 Å². The van der Waals surface area contributed by atoms with E-state index in [9.17, 15) is 4.79 Å². The Hall–Kier alpha value is -2.29. The molecule has 1 amide bonds. The van der Waals surface area contributed by atoms with Gasteiger partial charge in [-0.05, 0) is 49.1 Å². The van der Waals surface area contributed by atoms with Crippen molar-refractivity contribution in [3.63, 3.8) is 0 Å². The molecule has 0 heterocycles. The average Bonchev–Trinajstić information content (AvgIpc) is 2.40. The highest BCUT2D eigenvalue weighted by Gasteiger charge is 2.09. The fourth-order valence-corrected chi connectivity index (χ4v) is 2.19. The molecule has 0 spiro atoms. The number of carbonyl (C=O) groups excluding carboxylic acids is 1. The first kappa shape index (κ1) is 14.1. The van der Waals surface area contributed by atoms with Crippen molar-refractivity contribution in [2.45, 2.75) is 20.3 Å². The van der Waals surface area contributed by atoms with E-state index in [1.807, 2.05) is 31.2 Å². The van der Waals surface area contributed by atoms with E-state index < -0.39 is 0 Å². The molecular weight excluding hydrogens is 248 g/mol. The number of hydrogen-bond donors (Lipinski definition) is 2. The molecule has 0 saturated heterocycles. The minimum Gasteiger partial charge on any atom is -0.398 e. The molecule has 3 heteroatoms. The molecule has 0 aromatic heterocycles. The van der Waals surface area contributed by atoms with Gasteiger partial charge in [0.15, 0.2) is 0 Å². The van der Waals surface area contributed by atoms with Crippen molar-refractivity contribution in [3.05, 3.63) is 64.7 Å². The number of nitrogen functional groups attached to an aromatic ring is 1. The van der Waals surface area contributed by atoms with Crippen LogP contribution in [-0.4, -0.2) is 12.5 Å². The molecule has 0 bridgehead atoms. The van der Waals surface area contributed by atoms with Crippen molar-refractivity contribution in [2.75, 3.05) is 12.3 Å². The van der Waals surface area contributed by atoms with Crippen LogP contribution >= 0.6 is 0 Å². The molecule has 0 aliphatic rings. The summed E-state index contributed by atoms with van der Waals surface area (Å²) >= 11 is 0. The van der Waals surface area contributed by atoms with Gasteiger partial charge < -0.3 is 11.1 Å². The third kappa shape index (κ3) is 3.38. The molecule has 0 aliphatic carbocycles. The van der Waals surface area contributed by atoms with E-state index in [1.54, 1.807) is 6.07 Å². The topological polar surface area (TPSA) is 55.1 Å². The maximum Gasteiger partial charge on any atom is 0.253 e. The zero-order valence-electron chi connectivity index (χ0n) is 11.9. The van der Waals surface area contributed by atoms with Gasteiger partial charge >= 0.3 is 0 Å². The Kier molecular flexibility index (Phi) is 4.41. The lowest BCUT2D eigenvalue weighted by Gasteiger charge is -2.09. The van der Waals surface area contributed by atoms with Crippen molar-refractivity contribution in [1.82, 2.24) is 5.32 Å². The van der Waals surface area contributed by atoms with Crippen molar-refractivity contribution >= 4 is 11.6 Å². The average molecular weight is 268 g/mol. The van der Waals surface area contributed by atoms with Crippen molar-refractivity contribution < 1.29 is 4.79 Å². The number of nitrogens with one attached hydrogen (secondary N) is 1. The molecule has 2 aromatic carbocycles. The number of aryl methyl sites for hydroxylation is 2. The molecule has 0 aliphatic heterocycles. The number of anilines is 1. The van der Waals surface area contributed by atoms with Gasteiger partial charge in [0.2, 0.25) is 0 Å². The largest absolute Gasteiger partial charge is 0.398 e. The number of nitrogens with two attached hydrogens (primary N) is 1. The number of amides is 1. The third-order valence-corrected chi connectivity index (χ3v) is 3.39. The fraction of sp³-hybridized carbons (Fsp3) is 0.235. The highest BCUT2D eigenvalue weighted by molar-refractivity contribution is 5.99. The van der Waals surface area contributed by atoms with Crippen LogP contribution in [-0.2, 0) is 6.42 Å². The second-order valence-corrected chi connectivity index (χ2v) is 5.02. The van der Waals surface area contributed by atoms with Crippen LogP contribution in [0.4, 0.5) is 5.69 Å². The lowest BCUT2D eigenvalue weighted by Crippen LogP contribution is -2.26. The first-order chi connectivity index (χ1) is 9.58. The lowest BCUT2D eigenvalue weighted by molar-refractivity contribution is 0.0955. The van der Waals surface area contributed by atoms with Crippen LogP contribution in [0.15, 0.2) is 42.5 Å². The van der Waals surface area contributed by atoms with E-state index in [0.29, 0.717) is 17.8 Å². The Morgan fingerprint density at radius 1 is 1.15 bits per heavy atom. The molecule has 0 fully saturated rings. The molecule has 3 N–H and O–H groups in total. The van der Waals surface area contributed by atoms with Crippen LogP contribution < -0.4 is 11.1 Å². The van der Waals surface area contributed by atoms with Crippen LogP contribution in [0, 0.1) is 13.8 Å². The highest BCUT2D eigenvalue weighted by atomic mass is 16.1. The van der Waals surface area contributed by atoms with Crippen LogP contribution in [0.25, 0.3) is 0 Å². The molecule has 0 unspecified atom stereocenters. The monoisotopic (exact) mass is 268 g/mol. The minimum absolute atomic E-state index is 0.115. The standard InChI is InChI=1S/C17H20N2O/c1-12-7-8-15(16(18)11-12)17(20)19-10-9-14-6-4-3-5-13(14)2/h3-8,11H,9-10,18H2,1-2H3,(H,19,20). The smallest absolute Gasteiger partial charge is 0.253 e. The van der Waals surface area contributed by atoms with Gasteiger partial charge in [0.05, 0.1) is 5.56 Å². The molecule has 2 aromatic rings. The summed E-state index contributed by atoms with van der Waals surface area (Å²) in [6.45, 7) is 4.64. The van der Waals surface area contributed by atoms with E-state index >= 15 is 0 Å². The highest BCUT2D eigenvalue weighted by Crippen LogP contribution is 2.13. The Bertz CT molecular complexity index is 620. The number of hydrogen-bond acceptors (Lipinski definition) is 2. The van der Waals surface area contributed by atoms with Crippen molar-refractivity contribution in [2.24, 2.45) is 0 Å². The van der Waals surface area contributed by atoms with E-state index in [2.05, 4.69) is 24.4 Å². The van der Waals surface area contributed by atoms with Crippen LogP contribution in [0.1, 0.15) is 27.0 Å². The normalized spacial score (nSPS) is 10.3. The Balaban J connectivity index is 1.94. The summed E-state index contributed by atoms with van der Waals surface area (Å²) in [5.41, 5.74) is 10.5. The zero-order chi connectivity index (χ0) is 14.5. The first-order valence-electron chi connectivity index (χ1n) is 6.77. The summed E-state index contributed by atoms with van der Waals surface area (Å²) in [4.78, 5) is 12.1. The van der Waals surface area contributed by atoms with Crippen molar-refractivity contribution in [1.29, 1.82) is 0 Å². The van der Waals surface area contributed by atoms with Crippen LogP contribution in [0.3, 0.4) is 0 Å². The summed E-state index contributed by atoms with van der Waals surface area (Å²) in [6, 6.07) is 13.7. The van der Waals surface area contributed by atoms with Crippen LogP contribution in [0.2, 0.25) is 0 Å². The van der Waals surface area contributed by atoms with E-state index in [4.69, 9.17) is 5.73 Å². The quantitative estimate of drug-likeness (QED) is 0.838. The van der Waals surface area contributed by atoms with Crippen molar-refractivity contribution in [3.8, 4) is 0 Å². The van der Waals surface area contributed by atoms with Gasteiger partial charge in [-0.15, -0.1) is 0 Å². The Labute approximate surface area is 119 Å². The number of carbonyl (C=O) groups is 1. The number of rotatable bonds is 4. The van der Waals surface area contributed by atoms with Gasteiger partial charge in [-0.2, -0.15) is 0 Å². The SMILES string of the molecule is Cc1ccc(C(=O)NCCc2ccccc2C)c(N)c1. The lowest BCUT2D eigenvalue weighted by atomic mass is 10.1. The van der Waals surface area contributed by atoms with E-state index in [1.165, 1.54) is 11.1 Å². The minimum atomic E-state index is -0.115. The molecule has 0 radical (unpaired) electrons. The predicted octanol–water partition coefficient (Wildman–Crippen LogP) is 2.86. The summed E-state index contributed by atoms with van der Waals surface area (Å²) in [6.07, 6.45) is 0.824. The molecular formula is C17H20N2O. The summed E-state index contributed by atoms with van der Waals surface area (Å²) < 4.78 is 0.